The zero-order valence-electron chi connectivity index (χ0n) is 15.1. The quantitative estimate of drug-likeness (QED) is 0.727. The van der Waals surface area contributed by atoms with Crippen LogP contribution >= 0.6 is 11.6 Å². The van der Waals surface area contributed by atoms with Crippen molar-refractivity contribution in [1.82, 2.24) is 5.32 Å². The molecule has 0 saturated carbocycles. The molecule has 0 aliphatic carbocycles. The second-order valence-corrected chi connectivity index (χ2v) is 7.19. The molecule has 2 aromatic rings. The minimum atomic E-state index is -0.401. The van der Waals surface area contributed by atoms with E-state index in [1.165, 1.54) is 12.1 Å². The fourth-order valence-corrected chi connectivity index (χ4v) is 3.47. The van der Waals surface area contributed by atoms with E-state index < -0.39 is 12.1 Å². The van der Waals surface area contributed by atoms with Crippen LogP contribution in [-0.2, 0) is 0 Å². The summed E-state index contributed by atoms with van der Waals surface area (Å²) in [7, 11) is 0. The first-order chi connectivity index (χ1) is 12.9. The minimum Gasteiger partial charge on any atom is -0.393 e. The van der Waals surface area contributed by atoms with Gasteiger partial charge in [-0.3, -0.25) is 0 Å². The van der Waals surface area contributed by atoms with Crippen LogP contribution in [0.1, 0.15) is 31.4 Å². The van der Waals surface area contributed by atoms with Crippen molar-refractivity contribution in [2.45, 2.75) is 31.9 Å². The van der Waals surface area contributed by atoms with Crippen LogP contribution in [0, 0.1) is 5.82 Å². The van der Waals surface area contributed by atoms with Gasteiger partial charge in [-0.25, -0.2) is 9.18 Å². The lowest BCUT2D eigenvalue weighted by atomic mass is 10.0. The third-order valence-electron chi connectivity index (χ3n) is 4.69. The normalized spacial score (nSPS) is 16.1. The van der Waals surface area contributed by atoms with Gasteiger partial charge in [-0.15, -0.1) is 0 Å². The topological polar surface area (TPSA) is 64.6 Å². The van der Waals surface area contributed by atoms with Gasteiger partial charge in [-0.05, 0) is 56.2 Å². The molecule has 1 heterocycles. The second-order valence-electron chi connectivity index (χ2n) is 6.75. The summed E-state index contributed by atoms with van der Waals surface area (Å²) in [4.78, 5) is 14.4. The number of halogens is 2. The molecule has 5 nitrogen and oxygen atoms in total. The fraction of sp³-hybridized carbons (Fsp3) is 0.350. The zero-order valence-corrected chi connectivity index (χ0v) is 15.8. The molecule has 144 valence electrons. The van der Waals surface area contributed by atoms with E-state index in [-0.39, 0.29) is 11.9 Å². The number of urea groups is 1. The molecule has 27 heavy (non-hydrogen) atoms. The summed E-state index contributed by atoms with van der Waals surface area (Å²) in [6.45, 7) is 3.21. The van der Waals surface area contributed by atoms with E-state index in [4.69, 9.17) is 11.6 Å². The number of aliphatic hydroxyl groups is 1. The number of rotatable bonds is 4. The van der Waals surface area contributed by atoms with Gasteiger partial charge in [-0.2, -0.15) is 0 Å². The summed E-state index contributed by atoms with van der Waals surface area (Å²) in [5.41, 5.74) is 2.16. The fourth-order valence-electron chi connectivity index (χ4n) is 3.27. The van der Waals surface area contributed by atoms with Crippen LogP contribution < -0.4 is 15.5 Å². The molecule has 1 aliphatic rings. The molecule has 1 atom stereocenters. The first-order valence-corrected chi connectivity index (χ1v) is 9.35. The molecule has 7 heteroatoms. The molecule has 2 amide bonds. The summed E-state index contributed by atoms with van der Waals surface area (Å²) >= 11 is 5.93. The number of nitrogens with one attached hydrogen (secondary N) is 2. The highest BCUT2D eigenvalue weighted by molar-refractivity contribution is 6.30. The highest BCUT2D eigenvalue weighted by Gasteiger charge is 2.22. The Balaban J connectivity index is 1.72. The first-order valence-electron chi connectivity index (χ1n) is 8.98. The third-order valence-corrected chi connectivity index (χ3v) is 4.93. The summed E-state index contributed by atoms with van der Waals surface area (Å²) in [5, 5.41) is 15.8. The molecule has 1 aliphatic heterocycles. The van der Waals surface area contributed by atoms with Crippen LogP contribution in [0.2, 0.25) is 5.02 Å². The number of hydrogen-bond donors (Lipinski definition) is 3. The van der Waals surface area contributed by atoms with E-state index in [1.54, 1.807) is 30.3 Å². The van der Waals surface area contributed by atoms with E-state index in [0.717, 1.165) is 5.69 Å². The largest absolute Gasteiger partial charge is 0.393 e. The Hall–Kier alpha value is -2.31. The molecule has 0 bridgehead atoms. The predicted octanol–water partition coefficient (Wildman–Crippen LogP) is 4.32. The van der Waals surface area contributed by atoms with E-state index in [9.17, 15) is 14.3 Å². The van der Waals surface area contributed by atoms with Gasteiger partial charge in [0.25, 0.3) is 0 Å². The van der Waals surface area contributed by atoms with Crippen molar-refractivity contribution in [2.75, 3.05) is 23.3 Å². The Kier molecular flexibility index (Phi) is 6.19. The number of amides is 2. The maximum Gasteiger partial charge on any atom is 0.319 e. The Morgan fingerprint density at radius 1 is 1.26 bits per heavy atom. The smallest absolute Gasteiger partial charge is 0.319 e. The summed E-state index contributed by atoms with van der Waals surface area (Å²) < 4.78 is 13.9. The molecule has 0 spiro atoms. The summed E-state index contributed by atoms with van der Waals surface area (Å²) in [6.07, 6.45) is 1.06. The number of benzene rings is 2. The van der Waals surface area contributed by atoms with Crippen molar-refractivity contribution in [3.05, 3.63) is 58.9 Å². The molecule has 3 rings (SSSR count). The van der Waals surface area contributed by atoms with Crippen LogP contribution in [0.5, 0.6) is 0 Å². The van der Waals surface area contributed by atoms with Crippen molar-refractivity contribution >= 4 is 29.0 Å². The van der Waals surface area contributed by atoms with Crippen LogP contribution in [0.15, 0.2) is 42.5 Å². The van der Waals surface area contributed by atoms with Crippen molar-refractivity contribution in [2.24, 2.45) is 0 Å². The number of hydrogen-bond acceptors (Lipinski definition) is 3. The molecule has 0 radical (unpaired) electrons. The lowest BCUT2D eigenvalue weighted by molar-refractivity contribution is 0.145. The maximum atomic E-state index is 13.9. The second kappa shape index (κ2) is 8.59. The van der Waals surface area contributed by atoms with E-state index in [2.05, 4.69) is 15.5 Å². The van der Waals surface area contributed by atoms with Gasteiger partial charge in [-0.1, -0.05) is 17.7 Å². The van der Waals surface area contributed by atoms with Crippen molar-refractivity contribution < 1.29 is 14.3 Å². The SMILES string of the molecule is CC(NC(=O)Nc1cccc(Cl)c1)c1cc(F)ccc1N1CCC(O)CC1. The minimum absolute atomic E-state index is 0.288. The van der Waals surface area contributed by atoms with Crippen molar-refractivity contribution in [3.63, 3.8) is 0 Å². The Morgan fingerprint density at radius 2 is 2.00 bits per heavy atom. The molecule has 1 fully saturated rings. The average Bonchev–Trinajstić information content (AvgIpc) is 2.62. The van der Waals surface area contributed by atoms with Crippen LogP contribution in [0.4, 0.5) is 20.6 Å². The number of anilines is 2. The lowest BCUT2D eigenvalue weighted by Crippen LogP contribution is -2.37. The number of carbonyl (C=O) groups is 1. The van der Waals surface area contributed by atoms with Crippen LogP contribution in [0.25, 0.3) is 0 Å². The van der Waals surface area contributed by atoms with Crippen LogP contribution in [-0.4, -0.2) is 30.3 Å². The number of aliphatic hydroxyl groups excluding tert-OH is 1. The molecule has 2 aromatic carbocycles. The van der Waals surface area contributed by atoms with E-state index in [0.29, 0.717) is 42.2 Å². The van der Waals surface area contributed by atoms with Gasteiger partial charge < -0.3 is 20.6 Å². The van der Waals surface area contributed by atoms with E-state index in [1.807, 2.05) is 6.92 Å². The molecule has 1 saturated heterocycles. The molecule has 1 unspecified atom stereocenters. The average molecular weight is 392 g/mol. The first kappa shape index (κ1) is 19.5. The molecular formula is C20H23ClFN3O2. The van der Waals surface area contributed by atoms with Crippen molar-refractivity contribution in [1.29, 1.82) is 0 Å². The molecular weight excluding hydrogens is 369 g/mol. The van der Waals surface area contributed by atoms with Gasteiger partial charge in [0.2, 0.25) is 0 Å². The predicted molar refractivity (Wildman–Crippen MR) is 106 cm³/mol. The molecule has 0 aromatic heterocycles. The van der Waals surface area contributed by atoms with Gasteiger partial charge in [0.15, 0.2) is 0 Å². The van der Waals surface area contributed by atoms with Gasteiger partial charge in [0.1, 0.15) is 5.82 Å². The van der Waals surface area contributed by atoms with Crippen LogP contribution in [0.3, 0.4) is 0 Å². The number of piperidine rings is 1. The lowest BCUT2D eigenvalue weighted by Gasteiger charge is -2.34. The summed E-state index contributed by atoms with van der Waals surface area (Å²) in [5.74, 6) is -0.352. The van der Waals surface area contributed by atoms with Gasteiger partial charge in [0.05, 0.1) is 12.1 Å². The monoisotopic (exact) mass is 391 g/mol. The standard InChI is InChI=1S/C20H23ClFN3O2/c1-13(23-20(27)24-16-4-2-3-14(21)11-16)18-12-15(22)5-6-19(18)25-9-7-17(26)8-10-25/h2-6,11-13,17,26H,7-10H2,1H3,(H2,23,24,27). The number of carbonyl (C=O) groups excluding carboxylic acids is 1. The van der Waals surface area contributed by atoms with Gasteiger partial charge >= 0.3 is 6.03 Å². The maximum absolute atomic E-state index is 13.9. The highest BCUT2D eigenvalue weighted by atomic mass is 35.5. The summed E-state index contributed by atoms with van der Waals surface area (Å²) in [6, 6.07) is 10.7. The Labute approximate surface area is 163 Å². The zero-order chi connectivity index (χ0) is 19.4. The Bertz CT molecular complexity index is 810. The number of nitrogens with zero attached hydrogens (tertiary/aromatic N) is 1. The third kappa shape index (κ3) is 5.11. The Morgan fingerprint density at radius 3 is 2.70 bits per heavy atom. The molecule has 3 N–H and O–H groups in total. The van der Waals surface area contributed by atoms with Gasteiger partial charge in [0, 0.05) is 35.1 Å². The van der Waals surface area contributed by atoms with Crippen molar-refractivity contribution in [3.8, 4) is 0 Å². The van der Waals surface area contributed by atoms with E-state index >= 15 is 0 Å². The highest BCUT2D eigenvalue weighted by Crippen LogP contribution is 2.30.